The lowest BCUT2D eigenvalue weighted by Crippen LogP contribution is -2.35. The summed E-state index contributed by atoms with van der Waals surface area (Å²) in [6.45, 7) is 0.222. The summed E-state index contributed by atoms with van der Waals surface area (Å²) in [4.78, 5) is 4.45. The maximum Gasteiger partial charge on any atom is 0.130 e. The number of aryl methyl sites for hydroxylation is 1. The molecule has 3 aromatic carbocycles. The number of rotatable bonds is 10. The van der Waals surface area contributed by atoms with Crippen molar-refractivity contribution >= 4 is 11.6 Å². The van der Waals surface area contributed by atoms with Crippen molar-refractivity contribution in [2.45, 2.75) is 18.2 Å². The summed E-state index contributed by atoms with van der Waals surface area (Å²) in [5.41, 5.74) is 2.35. The number of halogens is 3. The Bertz CT molecular complexity index is 1170. The molecule has 4 aromatic rings. The molecule has 0 aliphatic heterocycles. The Balaban J connectivity index is 1.45. The van der Waals surface area contributed by atoms with Crippen LogP contribution in [0.25, 0.3) is 0 Å². The Hall–Kier alpha value is -3.10. The van der Waals surface area contributed by atoms with E-state index < -0.39 is 12.2 Å². The molecule has 0 unspecified atom stereocenters. The smallest absolute Gasteiger partial charge is 0.130 e. The largest absolute Gasteiger partial charge is 0.389 e. The molecular formula is C27H26ClF2N3O2. The topological polar surface area (TPSA) is 59.3 Å². The SMILES string of the molecule is Cn1ccnc1[C@@H](NC[C@@H](O)COC(c1ccc(F)cc1)c1ccc(F)cc1)c1ccc(Cl)cc1. The van der Waals surface area contributed by atoms with Crippen LogP contribution in [0, 0.1) is 11.6 Å². The molecule has 1 aromatic heterocycles. The normalized spacial score (nSPS) is 13.2. The molecule has 0 bridgehead atoms. The first kappa shape index (κ1) is 25.0. The van der Waals surface area contributed by atoms with E-state index in [9.17, 15) is 13.9 Å². The van der Waals surface area contributed by atoms with E-state index in [1.54, 1.807) is 30.5 Å². The van der Waals surface area contributed by atoms with Gasteiger partial charge >= 0.3 is 0 Å². The van der Waals surface area contributed by atoms with Gasteiger partial charge in [-0.3, -0.25) is 0 Å². The molecule has 0 saturated carbocycles. The van der Waals surface area contributed by atoms with E-state index in [4.69, 9.17) is 16.3 Å². The fraction of sp³-hybridized carbons (Fsp3) is 0.222. The predicted molar refractivity (Wildman–Crippen MR) is 131 cm³/mol. The third-order valence-electron chi connectivity index (χ3n) is 5.68. The van der Waals surface area contributed by atoms with Gasteiger partial charge in [0, 0.05) is 31.0 Å². The van der Waals surface area contributed by atoms with Gasteiger partial charge < -0.3 is 19.7 Å². The van der Waals surface area contributed by atoms with E-state index in [0.717, 1.165) is 11.4 Å². The molecule has 35 heavy (non-hydrogen) atoms. The van der Waals surface area contributed by atoms with Crippen LogP contribution in [-0.2, 0) is 11.8 Å². The number of aromatic nitrogens is 2. The highest BCUT2D eigenvalue weighted by atomic mass is 35.5. The highest BCUT2D eigenvalue weighted by Gasteiger charge is 2.21. The molecule has 4 rings (SSSR count). The summed E-state index contributed by atoms with van der Waals surface area (Å²) < 4.78 is 34.9. The summed E-state index contributed by atoms with van der Waals surface area (Å²) in [5.74, 6) is 0.0627. The average molecular weight is 498 g/mol. The van der Waals surface area contributed by atoms with E-state index >= 15 is 0 Å². The van der Waals surface area contributed by atoms with Crippen molar-refractivity contribution in [1.82, 2.24) is 14.9 Å². The Morgan fingerprint density at radius 2 is 1.46 bits per heavy atom. The minimum atomic E-state index is -0.853. The van der Waals surface area contributed by atoms with Gasteiger partial charge in [0.2, 0.25) is 0 Å². The number of aliphatic hydroxyl groups excluding tert-OH is 1. The molecule has 5 nitrogen and oxygen atoms in total. The minimum Gasteiger partial charge on any atom is -0.389 e. The van der Waals surface area contributed by atoms with Gasteiger partial charge in [-0.2, -0.15) is 0 Å². The molecule has 8 heteroatoms. The third-order valence-corrected chi connectivity index (χ3v) is 5.93. The maximum atomic E-state index is 13.4. The van der Waals surface area contributed by atoms with Gasteiger partial charge in [-0.05, 0) is 53.1 Å². The van der Waals surface area contributed by atoms with Gasteiger partial charge in [0.15, 0.2) is 0 Å². The fourth-order valence-electron chi connectivity index (χ4n) is 3.85. The number of aliphatic hydroxyl groups is 1. The molecule has 182 valence electrons. The second-order valence-corrected chi connectivity index (χ2v) is 8.70. The van der Waals surface area contributed by atoms with E-state index in [1.165, 1.54) is 24.3 Å². The second-order valence-electron chi connectivity index (χ2n) is 8.26. The molecule has 0 fully saturated rings. The number of hydrogen-bond donors (Lipinski definition) is 2. The Morgan fingerprint density at radius 3 is 1.97 bits per heavy atom. The van der Waals surface area contributed by atoms with E-state index in [2.05, 4.69) is 10.3 Å². The molecule has 2 N–H and O–H groups in total. The number of nitrogens with zero attached hydrogens (tertiary/aromatic N) is 2. The third kappa shape index (κ3) is 6.52. The van der Waals surface area contributed by atoms with E-state index in [0.29, 0.717) is 16.1 Å². The van der Waals surface area contributed by atoms with Gasteiger partial charge in [0.05, 0.1) is 18.8 Å². The first-order chi connectivity index (χ1) is 16.9. The molecule has 0 amide bonds. The molecule has 1 heterocycles. The Labute approximate surface area is 208 Å². The quantitative estimate of drug-likeness (QED) is 0.316. The molecular weight excluding hydrogens is 472 g/mol. The number of hydrogen-bond acceptors (Lipinski definition) is 4. The van der Waals surface area contributed by atoms with Crippen molar-refractivity contribution in [2.24, 2.45) is 7.05 Å². The first-order valence-corrected chi connectivity index (χ1v) is 11.5. The zero-order chi connectivity index (χ0) is 24.8. The van der Waals surface area contributed by atoms with E-state index in [1.807, 2.05) is 42.1 Å². The van der Waals surface area contributed by atoms with Crippen molar-refractivity contribution in [3.05, 3.63) is 124 Å². The molecule has 0 aliphatic rings. The number of imidazole rings is 1. The first-order valence-electron chi connectivity index (χ1n) is 11.2. The van der Waals surface area contributed by atoms with Crippen LogP contribution < -0.4 is 5.32 Å². The molecule has 2 atom stereocenters. The zero-order valence-corrected chi connectivity index (χ0v) is 19.9. The number of ether oxygens (including phenoxy) is 1. The van der Waals surface area contributed by atoms with Gasteiger partial charge in [0.25, 0.3) is 0 Å². The second kappa shape index (κ2) is 11.6. The van der Waals surface area contributed by atoms with Gasteiger partial charge in [-0.15, -0.1) is 0 Å². The Kier molecular flexibility index (Phi) is 8.25. The standard InChI is InChI=1S/C27H26ClF2N3O2/c1-33-15-14-31-27(33)25(18-2-8-21(28)9-3-18)32-16-24(34)17-35-26(19-4-10-22(29)11-5-19)20-6-12-23(30)13-7-20/h2-15,24-26,32,34H,16-17H2,1H3/t24-,25+/m1/s1. The summed E-state index contributed by atoms with van der Waals surface area (Å²) in [5, 5.41) is 14.7. The summed E-state index contributed by atoms with van der Waals surface area (Å²) in [7, 11) is 1.91. The fourth-order valence-corrected chi connectivity index (χ4v) is 3.97. The van der Waals surface area contributed by atoms with Crippen molar-refractivity contribution in [1.29, 1.82) is 0 Å². The van der Waals surface area contributed by atoms with Crippen LogP contribution in [0.5, 0.6) is 0 Å². The lowest BCUT2D eigenvalue weighted by molar-refractivity contribution is 0.00585. The highest BCUT2D eigenvalue weighted by Crippen LogP contribution is 2.27. The zero-order valence-electron chi connectivity index (χ0n) is 19.1. The molecule has 0 spiro atoms. The van der Waals surface area contributed by atoms with Gasteiger partial charge in [-0.25, -0.2) is 13.8 Å². The lowest BCUT2D eigenvalue weighted by atomic mass is 10.0. The number of benzene rings is 3. The molecule has 0 aliphatic carbocycles. The van der Waals surface area contributed by atoms with Crippen LogP contribution in [0.1, 0.15) is 34.7 Å². The monoisotopic (exact) mass is 497 g/mol. The van der Waals surface area contributed by atoms with Crippen molar-refractivity contribution < 1.29 is 18.6 Å². The van der Waals surface area contributed by atoms with Gasteiger partial charge in [-0.1, -0.05) is 48.0 Å². The van der Waals surface area contributed by atoms with Crippen LogP contribution >= 0.6 is 11.6 Å². The summed E-state index contributed by atoms with van der Waals surface area (Å²) >= 11 is 6.05. The van der Waals surface area contributed by atoms with Crippen LogP contribution in [-0.4, -0.2) is 33.9 Å². The van der Waals surface area contributed by atoms with Crippen molar-refractivity contribution in [3.8, 4) is 0 Å². The van der Waals surface area contributed by atoms with Crippen LogP contribution in [0.3, 0.4) is 0 Å². The Morgan fingerprint density at radius 1 is 0.914 bits per heavy atom. The van der Waals surface area contributed by atoms with E-state index in [-0.39, 0.29) is 30.8 Å². The van der Waals surface area contributed by atoms with Gasteiger partial charge in [0.1, 0.15) is 23.6 Å². The minimum absolute atomic E-state index is 0.000320. The lowest BCUT2D eigenvalue weighted by Gasteiger charge is -2.24. The summed E-state index contributed by atoms with van der Waals surface area (Å²) in [6.07, 6.45) is 2.13. The number of nitrogens with one attached hydrogen (secondary N) is 1. The maximum absolute atomic E-state index is 13.4. The van der Waals surface area contributed by atoms with Crippen molar-refractivity contribution in [3.63, 3.8) is 0 Å². The van der Waals surface area contributed by atoms with Crippen LogP contribution in [0.2, 0.25) is 5.02 Å². The van der Waals surface area contributed by atoms with Crippen molar-refractivity contribution in [2.75, 3.05) is 13.2 Å². The highest BCUT2D eigenvalue weighted by molar-refractivity contribution is 6.30. The molecule has 0 radical (unpaired) electrons. The summed E-state index contributed by atoms with van der Waals surface area (Å²) in [6, 6.07) is 19.0. The average Bonchev–Trinajstić information content (AvgIpc) is 3.28. The predicted octanol–water partition coefficient (Wildman–Crippen LogP) is 5.20. The van der Waals surface area contributed by atoms with Crippen LogP contribution in [0.15, 0.2) is 85.2 Å². The molecule has 0 saturated heterocycles. The van der Waals surface area contributed by atoms with Crippen LogP contribution in [0.4, 0.5) is 8.78 Å².